The number of pyridine rings is 2. The van der Waals surface area contributed by atoms with Crippen LogP contribution in [0.4, 0.5) is 30.5 Å². The highest BCUT2D eigenvalue weighted by Crippen LogP contribution is 2.37. The number of rotatable bonds is 4. The maximum Gasteiger partial charge on any atom is 0.433 e. The van der Waals surface area contributed by atoms with Crippen molar-refractivity contribution in [3.63, 3.8) is 0 Å². The second-order valence-corrected chi connectivity index (χ2v) is 7.61. The topological polar surface area (TPSA) is 81.8 Å². The van der Waals surface area contributed by atoms with E-state index in [1.54, 1.807) is 18.5 Å². The zero-order chi connectivity index (χ0) is 22.7. The molecule has 0 atom stereocenters. The van der Waals surface area contributed by atoms with Crippen molar-refractivity contribution in [1.82, 2.24) is 19.9 Å². The third-order valence-electron chi connectivity index (χ3n) is 5.20. The van der Waals surface area contributed by atoms with Crippen LogP contribution in [-0.2, 0) is 6.18 Å². The van der Waals surface area contributed by atoms with Crippen molar-refractivity contribution < 1.29 is 13.2 Å². The van der Waals surface area contributed by atoms with Gasteiger partial charge < -0.3 is 9.80 Å². The zero-order valence-electron chi connectivity index (χ0n) is 16.7. The summed E-state index contributed by atoms with van der Waals surface area (Å²) >= 11 is 6.41. The first-order chi connectivity index (χ1) is 15.4. The molecule has 3 aromatic heterocycles. The van der Waals surface area contributed by atoms with E-state index in [4.69, 9.17) is 16.9 Å². The van der Waals surface area contributed by atoms with Gasteiger partial charge in [0, 0.05) is 25.3 Å². The molecule has 0 radical (unpaired) electrons. The van der Waals surface area contributed by atoms with E-state index in [0.717, 1.165) is 6.07 Å². The van der Waals surface area contributed by atoms with Crippen molar-refractivity contribution in [3.05, 3.63) is 65.5 Å². The average Bonchev–Trinajstić information content (AvgIpc) is 2.81. The Balaban J connectivity index is 1.59. The largest absolute Gasteiger partial charge is 0.433 e. The van der Waals surface area contributed by atoms with Crippen molar-refractivity contribution in [2.24, 2.45) is 0 Å². The molecule has 32 heavy (non-hydrogen) atoms. The summed E-state index contributed by atoms with van der Waals surface area (Å²) in [6.45, 7) is 1.25. The minimum Gasteiger partial charge on any atom is -0.341 e. The summed E-state index contributed by atoms with van der Waals surface area (Å²) in [6, 6.07) is 5.94. The molecular weight excluding hydrogens is 443 g/mol. The van der Waals surface area contributed by atoms with E-state index in [2.05, 4.69) is 19.9 Å². The van der Waals surface area contributed by atoms with Gasteiger partial charge in [0.2, 0.25) is 5.95 Å². The Morgan fingerprint density at radius 3 is 2.31 bits per heavy atom. The van der Waals surface area contributed by atoms with E-state index in [1.165, 1.54) is 24.7 Å². The summed E-state index contributed by atoms with van der Waals surface area (Å²) in [4.78, 5) is 20.1. The monoisotopic (exact) mass is 459 g/mol. The first-order valence-corrected chi connectivity index (χ1v) is 10.1. The number of piperidine rings is 1. The standard InChI is InChI=1S/C21H17ClF3N7/c22-17-3-6-27-13-18(17)32(16-1-2-19(28-12-16)21(23,24)25)15-4-7-31(8-5-15)20-29-10-14(9-26)11-30-20/h1-3,6,10-13,15H,4-5,7-8H2. The normalized spacial score (nSPS) is 14.8. The quantitative estimate of drug-likeness (QED) is 0.563. The molecule has 1 aliphatic heterocycles. The molecule has 4 heterocycles. The smallest absolute Gasteiger partial charge is 0.341 e. The van der Waals surface area contributed by atoms with Crippen molar-refractivity contribution in [2.75, 3.05) is 22.9 Å². The number of aromatic nitrogens is 4. The second kappa shape index (κ2) is 8.96. The summed E-state index contributed by atoms with van der Waals surface area (Å²) in [5, 5.41) is 9.35. The van der Waals surface area contributed by atoms with Crippen LogP contribution >= 0.6 is 11.6 Å². The predicted molar refractivity (Wildman–Crippen MR) is 113 cm³/mol. The van der Waals surface area contributed by atoms with Crippen molar-refractivity contribution in [1.29, 1.82) is 5.26 Å². The summed E-state index contributed by atoms with van der Waals surface area (Å²) in [5.41, 5.74) is 0.534. The van der Waals surface area contributed by atoms with Crippen LogP contribution in [0.25, 0.3) is 0 Å². The molecule has 0 N–H and O–H groups in total. The molecular formula is C21H17ClF3N7. The van der Waals surface area contributed by atoms with Crippen LogP contribution in [0.15, 0.2) is 49.2 Å². The number of halogens is 4. The number of hydrogen-bond donors (Lipinski definition) is 0. The molecule has 1 aliphatic rings. The van der Waals surface area contributed by atoms with Gasteiger partial charge in [-0.2, -0.15) is 18.4 Å². The molecule has 0 spiro atoms. The highest BCUT2D eigenvalue weighted by Gasteiger charge is 2.33. The number of nitrogens with zero attached hydrogens (tertiary/aromatic N) is 7. The van der Waals surface area contributed by atoms with Crippen LogP contribution in [-0.4, -0.2) is 39.1 Å². The van der Waals surface area contributed by atoms with Crippen LogP contribution in [0.2, 0.25) is 5.02 Å². The lowest BCUT2D eigenvalue weighted by Crippen LogP contribution is -2.44. The van der Waals surface area contributed by atoms with E-state index >= 15 is 0 Å². The van der Waals surface area contributed by atoms with Gasteiger partial charge in [0.05, 0.1) is 46.7 Å². The fourth-order valence-corrected chi connectivity index (χ4v) is 3.85. The summed E-state index contributed by atoms with van der Waals surface area (Å²) in [7, 11) is 0. The molecule has 7 nitrogen and oxygen atoms in total. The van der Waals surface area contributed by atoms with Gasteiger partial charge in [-0.05, 0) is 31.0 Å². The van der Waals surface area contributed by atoms with Crippen LogP contribution < -0.4 is 9.80 Å². The number of hydrogen-bond acceptors (Lipinski definition) is 7. The van der Waals surface area contributed by atoms with Crippen LogP contribution in [0.1, 0.15) is 24.1 Å². The third-order valence-corrected chi connectivity index (χ3v) is 5.52. The van der Waals surface area contributed by atoms with E-state index < -0.39 is 11.9 Å². The Hall–Kier alpha value is -3.45. The molecule has 0 saturated carbocycles. The maximum atomic E-state index is 13.0. The molecule has 3 aromatic rings. The van der Waals surface area contributed by atoms with Gasteiger partial charge in [-0.3, -0.25) is 4.98 Å². The first kappa shape index (κ1) is 21.8. The SMILES string of the molecule is N#Cc1cnc(N2CCC(N(c3ccc(C(F)(F)F)nc3)c3cnccc3Cl)CC2)nc1. The number of alkyl halides is 3. The van der Waals surface area contributed by atoms with Gasteiger partial charge in [-0.1, -0.05) is 11.6 Å². The van der Waals surface area contributed by atoms with Gasteiger partial charge in [0.1, 0.15) is 11.8 Å². The lowest BCUT2D eigenvalue weighted by Gasteiger charge is -2.39. The number of anilines is 3. The number of nitriles is 1. The second-order valence-electron chi connectivity index (χ2n) is 7.20. The fraction of sp³-hybridized carbons (Fsp3) is 0.286. The summed E-state index contributed by atoms with van der Waals surface area (Å²) < 4.78 is 38.9. The van der Waals surface area contributed by atoms with Gasteiger partial charge >= 0.3 is 6.18 Å². The predicted octanol–water partition coefficient (Wildman–Crippen LogP) is 4.62. The minimum atomic E-state index is -4.51. The van der Waals surface area contributed by atoms with E-state index in [9.17, 15) is 13.2 Å². The van der Waals surface area contributed by atoms with Crippen LogP contribution in [0.5, 0.6) is 0 Å². The highest BCUT2D eigenvalue weighted by atomic mass is 35.5. The Labute approximate surface area is 187 Å². The Kier molecular flexibility index (Phi) is 6.10. The molecule has 1 saturated heterocycles. The zero-order valence-corrected chi connectivity index (χ0v) is 17.4. The lowest BCUT2D eigenvalue weighted by atomic mass is 10.0. The van der Waals surface area contributed by atoms with Crippen molar-refractivity contribution in [2.45, 2.75) is 25.1 Å². The Bertz CT molecular complexity index is 1110. The van der Waals surface area contributed by atoms with Crippen molar-refractivity contribution >= 4 is 28.9 Å². The summed E-state index contributed by atoms with van der Waals surface area (Å²) in [5.74, 6) is 0.532. The maximum absolute atomic E-state index is 13.0. The van der Waals surface area contributed by atoms with Gasteiger partial charge in [-0.15, -0.1) is 0 Å². The molecule has 1 fully saturated rings. The molecule has 11 heteroatoms. The molecule has 0 aliphatic carbocycles. The van der Waals surface area contributed by atoms with Gasteiger partial charge in [0.25, 0.3) is 0 Å². The van der Waals surface area contributed by atoms with Crippen LogP contribution in [0, 0.1) is 11.3 Å². The minimum absolute atomic E-state index is 0.0510. The Morgan fingerprint density at radius 1 is 1.03 bits per heavy atom. The molecule has 0 aromatic carbocycles. The molecule has 0 bridgehead atoms. The van der Waals surface area contributed by atoms with Crippen LogP contribution in [0.3, 0.4) is 0 Å². The summed E-state index contributed by atoms with van der Waals surface area (Å²) in [6.07, 6.45) is 4.15. The third kappa shape index (κ3) is 4.57. The van der Waals surface area contributed by atoms with Gasteiger partial charge in [0.15, 0.2) is 0 Å². The molecule has 0 unspecified atom stereocenters. The molecule has 164 valence electrons. The Morgan fingerprint density at radius 2 is 1.75 bits per heavy atom. The average molecular weight is 460 g/mol. The first-order valence-electron chi connectivity index (χ1n) is 9.76. The lowest BCUT2D eigenvalue weighted by molar-refractivity contribution is -0.141. The van der Waals surface area contributed by atoms with Gasteiger partial charge in [-0.25, -0.2) is 15.0 Å². The van der Waals surface area contributed by atoms with Crippen molar-refractivity contribution in [3.8, 4) is 6.07 Å². The van der Waals surface area contributed by atoms with E-state index in [0.29, 0.717) is 53.8 Å². The van der Waals surface area contributed by atoms with E-state index in [1.807, 2.05) is 15.9 Å². The molecule has 0 amide bonds. The highest BCUT2D eigenvalue weighted by molar-refractivity contribution is 6.33. The molecule has 4 rings (SSSR count). The van der Waals surface area contributed by atoms with E-state index in [-0.39, 0.29) is 6.04 Å². The fourth-order valence-electron chi connectivity index (χ4n) is 3.66.